The van der Waals surface area contributed by atoms with Crippen LogP contribution >= 0.6 is 0 Å². The first-order valence-electron chi connectivity index (χ1n) is 7.37. The summed E-state index contributed by atoms with van der Waals surface area (Å²) in [6.45, 7) is 10.5. The van der Waals surface area contributed by atoms with Crippen molar-refractivity contribution in [1.82, 2.24) is 15.1 Å². The molecule has 1 heterocycles. The van der Waals surface area contributed by atoms with Crippen LogP contribution in [0, 0.1) is 20.8 Å². The van der Waals surface area contributed by atoms with Gasteiger partial charge in [0.05, 0.1) is 5.69 Å². The van der Waals surface area contributed by atoms with Crippen molar-refractivity contribution in [2.75, 3.05) is 7.05 Å². The molecule has 1 N–H and O–H groups in total. The molecule has 0 unspecified atom stereocenters. The normalized spacial score (nSPS) is 11.1. The Morgan fingerprint density at radius 1 is 1.20 bits per heavy atom. The molecule has 0 saturated heterocycles. The number of rotatable bonds is 5. The molecule has 0 saturated carbocycles. The van der Waals surface area contributed by atoms with Crippen molar-refractivity contribution in [3.63, 3.8) is 0 Å². The van der Waals surface area contributed by atoms with Crippen LogP contribution in [0.25, 0.3) is 11.1 Å². The van der Waals surface area contributed by atoms with Gasteiger partial charge in [-0.2, -0.15) is 5.10 Å². The fourth-order valence-corrected chi connectivity index (χ4v) is 2.77. The molecular formula is C17H25N3. The highest BCUT2D eigenvalue weighted by Crippen LogP contribution is 2.30. The summed E-state index contributed by atoms with van der Waals surface area (Å²) in [5, 5.41) is 7.91. The quantitative estimate of drug-likeness (QED) is 0.900. The Bertz CT molecular complexity index is 597. The van der Waals surface area contributed by atoms with Crippen LogP contribution in [0.3, 0.4) is 0 Å². The summed E-state index contributed by atoms with van der Waals surface area (Å²) >= 11 is 0. The summed E-state index contributed by atoms with van der Waals surface area (Å²) in [5.74, 6) is 0. The van der Waals surface area contributed by atoms with E-state index >= 15 is 0 Å². The van der Waals surface area contributed by atoms with Crippen LogP contribution in [-0.2, 0) is 13.1 Å². The third-order valence-electron chi connectivity index (χ3n) is 3.77. The van der Waals surface area contributed by atoms with Crippen molar-refractivity contribution >= 4 is 0 Å². The van der Waals surface area contributed by atoms with Crippen LogP contribution in [0.2, 0.25) is 0 Å². The van der Waals surface area contributed by atoms with Gasteiger partial charge in [0.15, 0.2) is 0 Å². The number of nitrogens with zero attached hydrogens (tertiary/aromatic N) is 2. The lowest BCUT2D eigenvalue weighted by atomic mass is 9.96. The molecule has 20 heavy (non-hydrogen) atoms. The number of aryl methyl sites for hydroxylation is 3. The molecular weight excluding hydrogens is 246 g/mol. The number of aromatic nitrogens is 2. The van der Waals surface area contributed by atoms with Crippen LogP contribution < -0.4 is 5.32 Å². The fraction of sp³-hybridized carbons (Fsp3) is 0.471. The molecule has 0 aliphatic rings. The zero-order valence-electron chi connectivity index (χ0n) is 13.2. The van der Waals surface area contributed by atoms with Crippen molar-refractivity contribution in [1.29, 1.82) is 0 Å². The molecule has 1 aromatic heterocycles. The van der Waals surface area contributed by atoms with Gasteiger partial charge >= 0.3 is 0 Å². The topological polar surface area (TPSA) is 29.9 Å². The fourth-order valence-electron chi connectivity index (χ4n) is 2.77. The highest BCUT2D eigenvalue weighted by molar-refractivity contribution is 5.72. The van der Waals surface area contributed by atoms with E-state index in [1.54, 1.807) is 0 Å². The van der Waals surface area contributed by atoms with Gasteiger partial charge in [0.2, 0.25) is 0 Å². The van der Waals surface area contributed by atoms with Gasteiger partial charge in [-0.05, 0) is 57.0 Å². The maximum Gasteiger partial charge on any atom is 0.0675 e. The Balaban J connectivity index is 2.53. The van der Waals surface area contributed by atoms with Crippen molar-refractivity contribution in [3.8, 4) is 11.1 Å². The number of nitrogens with one attached hydrogen (secondary N) is 1. The second kappa shape index (κ2) is 6.23. The van der Waals surface area contributed by atoms with Crippen molar-refractivity contribution < 1.29 is 0 Å². The zero-order chi connectivity index (χ0) is 14.7. The lowest BCUT2D eigenvalue weighted by molar-refractivity contribution is 0.583. The molecule has 0 radical (unpaired) electrons. The lowest BCUT2D eigenvalue weighted by Crippen LogP contribution is -2.05. The van der Waals surface area contributed by atoms with Crippen LogP contribution in [0.4, 0.5) is 0 Å². The molecule has 0 aliphatic heterocycles. The van der Waals surface area contributed by atoms with E-state index in [1.165, 1.54) is 27.9 Å². The van der Waals surface area contributed by atoms with E-state index < -0.39 is 0 Å². The first-order valence-corrected chi connectivity index (χ1v) is 7.37. The maximum atomic E-state index is 4.69. The van der Waals surface area contributed by atoms with Crippen LogP contribution in [0.5, 0.6) is 0 Å². The van der Waals surface area contributed by atoms with Crippen molar-refractivity contribution in [2.45, 2.75) is 47.2 Å². The van der Waals surface area contributed by atoms with Gasteiger partial charge in [0.25, 0.3) is 0 Å². The number of benzene rings is 1. The molecule has 2 rings (SSSR count). The number of hydrogen-bond acceptors (Lipinski definition) is 2. The van der Waals surface area contributed by atoms with Crippen LogP contribution in [-0.4, -0.2) is 16.8 Å². The first kappa shape index (κ1) is 14.8. The lowest BCUT2D eigenvalue weighted by Gasteiger charge is -2.10. The van der Waals surface area contributed by atoms with E-state index in [9.17, 15) is 0 Å². The van der Waals surface area contributed by atoms with E-state index in [-0.39, 0.29) is 0 Å². The molecule has 2 aromatic rings. The molecule has 3 nitrogen and oxygen atoms in total. The first-order chi connectivity index (χ1) is 9.58. The molecule has 0 fully saturated rings. The van der Waals surface area contributed by atoms with Crippen LogP contribution in [0.1, 0.15) is 35.9 Å². The molecule has 108 valence electrons. The molecule has 1 aromatic carbocycles. The largest absolute Gasteiger partial charge is 0.316 e. The summed E-state index contributed by atoms with van der Waals surface area (Å²) < 4.78 is 2.13. The van der Waals surface area contributed by atoms with Gasteiger partial charge in [-0.3, -0.25) is 4.68 Å². The third-order valence-corrected chi connectivity index (χ3v) is 3.77. The van der Waals surface area contributed by atoms with E-state index in [2.05, 4.69) is 55.9 Å². The Morgan fingerprint density at radius 3 is 2.60 bits per heavy atom. The van der Waals surface area contributed by atoms with E-state index in [0.717, 1.165) is 25.2 Å². The van der Waals surface area contributed by atoms with Gasteiger partial charge in [-0.15, -0.1) is 0 Å². The smallest absolute Gasteiger partial charge is 0.0675 e. The minimum absolute atomic E-state index is 0.897. The second-order valence-corrected chi connectivity index (χ2v) is 5.45. The van der Waals surface area contributed by atoms with E-state index in [4.69, 9.17) is 5.10 Å². The van der Waals surface area contributed by atoms with E-state index in [1.807, 2.05) is 7.05 Å². The van der Waals surface area contributed by atoms with Crippen molar-refractivity contribution in [3.05, 3.63) is 40.7 Å². The summed E-state index contributed by atoms with van der Waals surface area (Å²) in [7, 11) is 1.98. The Labute approximate surface area is 122 Å². The third kappa shape index (κ3) is 2.78. The maximum absolute atomic E-state index is 4.69. The summed E-state index contributed by atoms with van der Waals surface area (Å²) in [4.78, 5) is 0. The zero-order valence-corrected chi connectivity index (χ0v) is 13.2. The Kier molecular flexibility index (Phi) is 4.61. The minimum atomic E-state index is 0.897. The molecule has 3 heteroatoms. The minimum Gasteiger partial charge on any atom is -0.316 e. The number of hydrogen-bond donors (Lipinski definition) is 1. The molecule has 0 amide bonds. The summed E-state index contributed by atoms with van der Waals surface area (Å²) in [6.07, 6.45) is 1.11. The summed E-state index contributed by atoms with van der Waals surface area (Å²) in [6, 6.07) is 6.69. The highest BCUT2D eigenvalue weighted by atomic mass is 15.3. The average Bonchev–Trinajstić information content (AvgIpc) is 2.68. The van der Waals surface area contributed by atoms with Gasteiger partial charge in [-0.1, -0.05) is 19.1 Å². The van der Waals surface area contributed by atoms with Gasteiger partial charge in [0, 0.05) is 24.3 Å². The predicted octanol–water partition coefficient (Wildman–Crippen LogP) is 3.60. The van der Waals surface area contributed by atoms with Crippen LogP contribution in [0.15, 0.2) is 18.2 Å². The van der Waals surface area contributed by atoms with Crippen molar-refractivity contribution in [2.24, 2.45) is 0 Å². The molecule has 0 aliphatic carbocycles. The highest BCUT2D eigenvalue weighted by Gasteiger charge is 2.15. The van der Waals surface area contributed by atoms with Gasteiger partial charge < -0.3 is 5.32 Å². The SMILES string of the molecule is CCCn1nc(C)c(-c2cc(CNC)ccc2C)c1C. The average molecular weight is 271 g/mol. The summed E-state index contributed by atoms with van der Waals surface area (Å²) in [5.41, 5.74) is 7.64. The molecule has 0 spiro atoms. The monoisotopic (exact) mass is 271 g/mol. The second-order valence-electron chi connectivity index (χ2n) is 5.45. The predicted molar refractivity (Wildman–Crippen MR) is 84.9 cm³/mol. The van der Waals surface area contributed by atoms with E-state index in [0.29, 0.717) is 0 Å². The molecule has 0 bridgehead atoms. The standard InChI is InChI=1S/C17H25N3/c1-6-9-20-14(4)17(13(3)19-20)16-10-15(11-18-5)8-7-12(16)2/h7-8,10,18H,6,9,11H2,1-5H3. The molecule has 0 atom stereocenters. The Hall–Kier alpha value is -1.61. The Morgan fingerprint density at radius 2 is 1.95 bits per heavy atom. The van der Waals surface area contributed by atoms with Gasteiger partial charge in [-0.25, -0.2) is 0 Å². The van der Waals surface area contributed by atoms with Gasteiger partial charge in [0.1, 0.15) is 0 Å².